The second kappa shape index (κ2) is 66.3. The van der Waals surface area contributed by atoms with Gasteiger partial charge in [-0.25, -0.2) is 4.70 Å². The Labute approximate surface area is 547 Å². The molecular formula is C82H144N2Pd. The molecule has 0 saturated carbocycles. The van der Waals surface area contributed by atoms with Crippen LogP contribution in [0.2, 0.25) is 0 Å². The summed E-state index contributed by atoms with van der Waals surface area (Å²) >= 11 is 0. The van der Waals surface area contributed by atoms with Crippen molar-refractivity contribution in [3.8, 4) is 0 Å². The van der Waals surface area contributed by atoms with Crippen LogP contribution in [0.5, 0.6) is 0 Å². The van der Waals surface area contributed by atoms with Gasteiger partial charge < -0.3 is 19.4 Å². The first-order chi connectivity index (χ1) is 41.5. The van der Waals surface area contributed by atoms with Crippen LogP contribution in [0.3, 0.4) is 0 Å². The Hall–Kier alpha value is -2.08. The first kappa shape index (κ1) is 82.9. The van der Waals surface area contributed by atoms with Crippen molar-refractivity contribution < 1.29 is 25.1 Å². The maximum Gasteiger partial charge on any atom is 2.00 e. The molecule has 0 atom stereocenters. The van der Waals surface area contributed by atoms with E-state index in [1.54, 1.807) is 0 Å². The molecule has 0 radical (unpaired) electrons. The van der Waals surface area contributed by atoms with Crippen LogP contribution in [0.1, 0.15) is 410 Å². The number of rotatable bonds is 58. The molecule has 0 aliphatic carbocycles. The quantitative estimate of drug-likeness (QED) is 0.0207. The van der Waals surface area contributed by atoms with Gasteiger partial charge in [0.2, 0.25) is 11.4 Å². The number of unbranched alkanes of at least 4 members (excludes halogenated alkanes) is 48. The summed E-state index contributed by atoms with van der Waals surface area (Å²) < 4.78 is 1.47. The van der Waals surface area contributed by atoms with Gasteiger partial charge in [0.15, 0.2) is 0 Å². The number of allylic oxidation sites excluding steroid dienone is 4. The Morgan fingerprint density at radius 2 is 0.659 bits per heavy atom. The first-order valence-electron chi connectivity index (χ1n) is 37.9. The van der Waals surface area contributed by atoms with Crippen molar-refractivity contribution in [2.24, 2.45) is 0 Å². The zero-order chi connectivity index (χ0) is 60.7. The van der Waals surface area contributed by atoms with E-state index < -0.39 is 0 Å². The molecule has 0 saturated heterocycles. The Balaban J connectivity index is 0.00000185. The average molecular weight is 1260 g/mol. The number of hydrogen-bond donors (Lipinski definition) is 0. The summed E-state index contributed by atoms with van der Waals surface area (Å²) in [5.74, 6) is 0. The largest absolute Gasteiger partial charge is 2.00 e. The second-order valence-corrected chi connectivity index (χ2v) is 26.0. The van der Waals surface area contributed by atoms with Crippen molar-refractivity contribution >= 4 is 11.4 Å². The zero-order valence-electron chi connectivity index (χ0n) is 57.8. The Bertz CT molecular complexity index is 1730. The zero-order valence-corrected chi connectivity index (χ0v) is 59.3. The summed E-state index contributed by atoms with van der Waals surface area (Å²) in [5.41, 5.74) is 19.7. The number of hydrogen-bond acceptors (Lipinski definition) is 0. The molecule has 0 bridgehead atoms. The normalized spacial score (nSPS) is 12.2. The molecule has 0 fully saturated rings. The third-order valence-corrected chi connectivity index (χ3v) is 17.9. The van der Waals surface area contributed by atoms with E-state index in [0.29, 0.717) is 0 Å². The molecule has 1 aliphatic rings. The van der Waals surface area contributed by atoms with E-state index in [4.69, 9.17) is 0 Å². The summed E-state index contributed by atoms with van der Waals surface area (Å²) in [6.45, 7) is 19.1. The maximum absolute atomic E-state index is 11.6. The molecule has 85 heavy (non-hydrogen) atoms. The predicted octanol–water partition coefficient (Wildman–Crippen LogP) is 29.3. The second-order valence-electron chi connectivity index (χ2n) is 26.0. The van der Waals surface area contributed by atoms with Crippen molar-refractivity contribution in [2.45, 2.75) is 401 Å². The Morgan fingerprint density at radius 3 is 1.02 bits per heavy atom. The van der Waals surface area contributed by atoms with E-state index in [1.165, 1.54) is 342 Å². The molecule has 2 aromatic rings. The number of nitrogens with zero attached hydrogens (tertiary/aromatic N) is 2. The molecule has 2 aromatic carbocycles. The minimum absolute atomic E-state index is 0. The molecule has 1 aliphatic heterocycles. The van der Waals surface area contributed by atoms with E-state index in [-0.39, 0.29) is 20.4 Å². The molecule has 0 amide bonds. The van der Waals surface area contributed by atoms with Crippen molar-refractivity contribution in [1.29, 1.82) is 0 Å². The maximum atomic E-state index is 11.6. The van der Waals surface area contributed by atoms with E-state index >= 15 is 0 Å². The molecular weight excluding hydrogens is 1120 g/mol. The molecule has 3 rings (SSSR count). The third-order valence-electron chi connectivity index (χ3n) is 17.9. The number of benzene rings is 2. The van der Waals surface area contributed by atoms with Gasteiger partial charge in [-0.1, -0.05) is 379 Å². The van der Waals surface area contributed by atoms with Gasteiger partial charge in [0, 0.05) is 22.8 Å². The Morgan fingerprint density at radius 1 is 0.341 bits per heavy atom. The summed E-state index contributed by atoms with van der Waals surface area (Å²) in [6, 6.07) is 17.5. The van der Waals surface area contributed by atoms with Crippen LogP contribution < -0.4 is 0 Å². The fraction of sp³-hybridized carbons (Fsp3) is 0.756. The minimum atomic E-state index is 0. The van der Waals surface area contributed by atoms with Crippen LogP contribution in [0, 0.1) is 13.8 Å². The summed E-state index contributed by atoms with van der Waals surface area (Å²) in [6.07, 6.45) is 85.4. The topological polar surface area (TPSA) is 25.3 Å². The van der Waals surface area contributed by atoms with Gasteiger partial charge in [0.05, 0.1) is 0 Å². The van der Waals surface area contributed by atoms with Gasteiger partial charge in [-0.05, 0) is 80.7 Å². The molecule has 492 valence electrons. The predicted molar refractivity (Wildman–Crippen MR) is 381 cm³/mol. The average Bonchev–Trinajstić information content (AvgIpc) is 2.55. The van der Waals surface area contributed by atoms with Crippen molar-refractivity contribution in [1.82, 2.24) is 0 Å². The van der Waals surface area contributed by atoms with Crippen LogP contribution in [0.25, 0.3) is 16.9 Å². The third kappa shape index (κ3) is 49.4. The smallest absolute Gasteiger partial charge is 0.493 e. The molecule has 0 N–H and O–H groups in total. The van der Waals surface area contributed by atoms with E-state index in [0.717, 1.165) is 68.3 Å². The summed E-state index contributed by atoms with van der Waals surface area (Å²) in [4.78, 5) is 0. The summed E-state index contributed by atoms with van der Waals surface area (Å²) in [5, 5.41) is 0. The van der Waals surface area contributed by atoms with Crippen molar-refractivity contribution in [3.05, 3.63) is 114 Å². The van der Waals surface area contributed by atoms with Gasteiger partial charge in [0.25, 0.3) is 0 Å². The van der Waals surface area contributed by atoms with Crippen LogP contribution in [-0.2, 0) is 33.3 Å². The molecule has 3 heteroatoms. The molecule has 2 nitrogen and oxygen atoms in total. The van der Waals surface area contributed by atoms with Crippen LogP contribution in [-0.4, -0.2) is 4.70 Å². The fourth-order valence-corrected chi connectivity index (χ4v) is 12.2. The van der Waals surface area contributed by atoms with Crippen LogP contribution in [0.15, 0.2) is 72.3 Å². The molecule has 0 unspecified atom stereocenters. The monoisotopic (exact) mass is 1260 g/mol. The SMILES string of the molecule is CCCCCCCCCCCCCCCCCCCCCCCCC=CCCc1ccccc1C1=C(CCCC)C=C(c2ccc(CCCC)cc2)[N+]1=[N-].[CH2-]CCCCCCCCCCCCCC.[CH2-]CCCCCCCCCCCCCC.[Pd+2]. The van der Waals surface area contributed by atoms with Gasteiger partial charge in [0.1, 0.15) is 0 Å². The molecule has 0 aromatic heterocycles. The van der Waals surface area contributed by atoms with Crippen LogP contribution in [0.4, 0.5) is 0 Å². The Kier molecular flexibility index (Phi) is 64.7. The van der Waals surface area contributed by atoms with Crippen molar-refractivity contribution in [2.75, 3.05) is 0 Å². The van der Waals surface area contributed by atoms with Gasteiger partial charge in [-0.2, -0.15) is 12.8 Å². The van der Waals surface area contributed by atoms with Crippen LogP contribution >= 0.6 is 0 Å². The van der Waals surface area contributed by atoms with Gasteiger partial charge >= 0.3 is 20.4 Å². The molecule has 1 heterocycles. The molecule has 0 spiro atoms. The van der Waals surface area contributed by atoms with Gasteiger partial charge in [-0.15, -0.1) is 0 Å². The van der Waals surface area contributed by atoms with Gasteiger partial charge in [-0.3, -0.25) is 0 Å². The van der Waals surface area contributed by atoms with E-state index in [9.17, 15) is 5.53 Å². The number of aryl methyl sites for hydroxylation is 2. The first-order valence-corrected chi connectivity index (χ1v) is 37.9. The minimum Gasteiger partial charge on any atom is -0.493 e. The summed E-state index contributed by atoms with van der Waals surface area (Å²) in [7, 11) is 0. The fourth-order valence-electron chi connectivity index (χ4n) is 12.2. The van der Waals surface area contributed by atoms with Crippen molar-refractivity contribution in [3.63, 3.8) is 0 Å². The van der Waals surface area contributed by atoms with E-state index in [2.05, 4.69) is 115 Å². The standard InChI is InChI=1S/C52H82N2.2C15H31.Pd/c1-4-7-10-11-12-13-14-15-16-17-18-19-20-21-22-23-24-25-26-27-28-29-30-31-32-33-38-47-39-34-35-40-50(47)52-49(37-9-6-3)45-51(54(52)53)48-43-41-46(42-44-48)36-8-5-2;2*1-3-5-7-9-11-13-15-14-12-10-8-6-4-2;/h31-32,34-35,39-45H,4-30,33,36-38H2,1-3H3;2*1,3-15H2,2H3;/q;2*-1;+2. The van der Waals surface area contributed by atoms with E-state index in [1.807, 2.05) is 0 Å².